The maximum absolute atomic E-state index is 6.14. The molecular formula is C18H33NO2. The van der Waals surface area contributed by atoms with Crippen LogP contribution in [0.4, 0.5) is 0 Å². The Bertz CT molecular complexity index is 306. The fourth-order valence-corrected chi connectivity index (χ4v) is 4.86. The number of rotatable bonds is 4. The van der Waals surface area contributed by atoms with E-state index in [1.165, 1.54) is 51.4 Å². The zero-order valence-electron chi connectivity index (χ0n) is 13.7. The third kappa shape index (κ3) is 3.80. The highest BCUT2D eigenvalue weighted by Gasteiger charge is 2.44. The molecule has 1 saturated carbocycles. The summed E-state index contributed by atoms with van der Waals surface area (Å²) in [7, 11) is 0. The van der Waals surface area contributed by atoms with E-state index < -0.39 is 0 Å². The van der Waals surface area contributed by atoms with Crippen molar-refractivity contribution in [2.45, 2.75) is 76.4 Å². The molecule has 2 aliphatic heterocycles. The van der Waals surface area contributed by atoms with Crippen LogP contribution in [-0.4, -0.2) is 38.0 Å². The van der Waals surface area contributed by atoms with Crippen LogP contribution in [0.1, 0.15) is 64.7 Å². The summed E-state index contributed by atoms with van der Waals surface area (Å²) in [6.45, 7) is 6.01. The Balaban J connectivity index is 1.67. The second kappa shape index (κ2) is 7.43. The van der Waals surface area contributed by atoms with E-state index in [-0.39, 0.29) is 5.60 Å². The van der Waals surface area contributed by atoms with Gasteiger partial charge in [-0.2, -0.15) is 0 Å². The summed E-state index contributed by atoms with van der Waals surface area (Å²) in [5.74, 6) is 1.67. The minimum atomic E-state index is 0.0569. The highest BCUT2D eigenvalue weighted by molar-refractivity contribution is 4.95. The Morgan fingerprint density at radius 2 is 1.86 bits per heavy atom. The van der Waals surface area contributed by atoms with Gasteiger partial charge in [0, 0.05) is 25.7 Å². The van der Waals surface area contributed by atoms with Gasteiger partial charge in [-0.25, -0.2) is 0 Å². The Labute approximate surface area is 130 Å². The molecule has 0 radical (unpaired) electrons. The number of ether oxygens (including phenoxy) is 2. The van der Waals surface area contributed by atoms with Crippen molar-refractivity contribution in [3.63, 3.8) is 0 Å². The van der Waals surface area contributed by atoms with Gasteiger partial charge in [0.25, 0.3) is 0 Å². The molecule has 3 nitrogen and oxygen atoms in total. The first-order valence-electron chi connectivity index (χ1n) is 9.28. The molecule has 2 saturated heterocycles. The summed E-state index contributed by atoms with van der Waals surface area (Å²) in [6.07, 6.45) is 12.2. The van der Waals surface area contributed by atoms with E-state index in [1.54, 1.807) is 0 Å². The van der Waals surface area contributed by atoms with Crippen LogP contribution in [0.3, 0.4) is 0 Å². The first kappa shape index (κ1) is 15.8. The third-order valence-corrected chi connectivity index (χ3v) is 5.95. The molecule has 0 bridgehead atoms. The van der Waals surface area contributed by atoms with Crippen molar-refractivity contribution in [2.24, 2.45) is 11.8 Å². The molecule has 21 heavy (non-hydrogen) atoms. The summed E-state index contributed by atoms with van der Waals surface area (Å²) in [5, 5.41) is 3.86. The Morgan fingerprint density at radius 1 is 1.05 bits per heavy atom. The average Bonchev–Trinajstić information content (AvgIpc) is 2.77. The van der Waals surface area contributed by atoms with Crippen LogP contribution in [0.5, 0.6) is 0 Å². The molecule has 3 atom stereocenters. The largest absolute Gasteiger partial charge is 0.378 e. The zero-order valence-corrected chi connectivity index (χ0v) is 13.7. The summed E-state index contributed by atoms with van der Waals surface area (Å²) < 4.78 is 11.8. The van der Waals surface area contributed by atoms with Gasteiger partial charge in [0.15, 0.2) is 0 Å². The van der Waals surface area contributed by atoms with Gasteiger partial charge < -0.3 is 14.8 Å². The highest BCUT2D eigenvalue weighted by atomic mass is 16.6. The molecule has 0 aromatic rings. The summed E-state index contributed by atoms with van der Waals surface area (Å²) in [4.78, 5) is 0. The molecule has 3 fully saturated rings. The maximum atomic E-state index is 6.14. The molecule has 3 rings (SSSR count). The van der Waals surface area contributed by atoms with Gasteiger partial charge in [-0.1, -0.05) is 32.6 Å². The Kier molecular flexibility index (Phi) is 5.58. The van der Waals surface area contributed by atoms with E-state index >= 15 is 0 Å². The van der Waals surface area contributed by atoms with Gasteiger partial charge in [0.1, 0.15) is 0 Å². The van der Waals surface area contributed by atoms with Crippen LogP contribution in [0.2, 0.25) is 0 Å². The number of hydrogen-bond donors (Lipinski definition) is 1. The first-order valence-corrected chi connectivity index (χ1v) is 9.28. The van der Waals surface area contributed by atoms with E-state index in [1.807, 2.05) is 0 Å². The Hall–Kier alpha value is -0.120. The lowest BCUT2D eigenvalue weighted by atomic mass is 9.75. The Morgan fingerprint density at radius 3 is 2.52 bits per heavy atom. The van der Waals surface area contributed by atoms with Crippen molar-refractivity contribution in [2.75, 3.05) is 26.4 Å². The predicted octanol–water partition coefficient (Wildman–Crippen LogP) is 3.52. The van der Waals surface area contributed by atoms with Gasteiger partial charge in [-0.15, -0.1) is 0 Å². The van der Waals surface area contributed by atoms with Crippen molar-refractivity contribution in [1.82, 2.24) is 5.32 Å². The summed E-state index contributed by atoms with van der Waals surface area (Å²) in [5.41, 5.74) is 0.0569. The molecule has 3 aliphatic rings. The fraction of sp³-hybridized carbons (Fsp3) is 1.00. The average molecular weight is 295 g/mol. The van der Waals surface area contributed by atoms with Crippen LogP contribution < -0.4 is 5.32 Å². The topological polar surface area (TPSA) is 30.5 Å². The molecule has 3 heteroatoms. The lowest BCUT2D eigenvalue weighted by Crippen LogP contribution is -2.50. The summed E-state index contributed by atoms with van der Waals surface area (Å²) >= 11 is 0. The molecule has 1 spiro atoms. The molecule has 1 aliphatic carbocycles. The van der Waals surface area contributed by atoms with Crippen LogP contribution in [0, 0.1) is 11.8 Å². The highest BCUT2D eigenvalue weighted by Crippen LogP contribution is 2.40. The van der Waals surface area contributed by atoms with Gasteiger partial charge >= 0.3 is 0 Å². The van der Waals surface area contributed by atoms with Crippen molar-refractivity contribution in [3.8, 4) is 0 Å². The smallest absolute Gasteiger partial charge is 0.0939 e. The van der Waals surface area contributed by atoms with Crippen molar-refractivity contribution in [3.05, 3.63) is 0 Å². The minimum Gasteiger partial charge on any atom is -0.378 e. The first-order chi connectivity index (χ1) is 10.3. The minimum absolute atomic E-state index is 0.0569. The quantitative estimate of drug-likeness (QED) is 0.805. The van der Waals surface area contributed by atoms with E-state index in [0.29, 0.717) is 6.04 Å². The fourth-order valence-electron chi connectivity index (χ4n) is 4.86. The zero-order chi connectivity index (χ0) is 14.5. The van der Waals surface area contributed by atoms with E-state index in [2.05, 4.69) is 12.2 Å². The van der Waals surface area contributed by atoms with Crippen LogP contribution >= 0.6 is 0 Å². The van der Waals surface area contributed by atoms with Crippen molar-refractivity contribution < 1.29 is 9.47 Å². The van der Waals surface area contributed by atoms with Crippen LogP contribution in [0.15, 0.2) is 0 Å². The van der Waals surface area contributed by atoms with Crippen LogP contribution in [0.25, 0.3) is 0 Å². The molecule has 1 N–H and O–H groups in total. The van der Waals surface area contributed by atoms with Crippen LogP contribution in [-0.2, 0) is 9.47 Å². The van der Waals surface area contributed by atoms with Gasteiger partial charge in [0.2, 0.25) is 0 Å². The second-order valence-corrected chi connectivity index (χ2v) is 7.42. The number of hydrogen-bond acceptors (Lipinski definition) is 3. The molecule has 3 unspecified atom stereocenters. The lowest BCUT2D eigenvalue weighted by molar-refractivity contribution is -0.106. The molecular weight excluding hydrogens is 262 g/mol. The molecule has 0 aromatic carbocycles. The van der Waals surface area contributed by atoms with E-state index in [4.69, 9.17) is 9.47 Å². The number of nitrogens with one attached hydrogen (secondary N) is 1. The maximum Gasteiger partial charge on any atom is 0.0939 e. The monoisotopic (exact) mass is 295 g/mol. The second-order valence-electron chi connectivity index (χ2n) is 7.42. The predicted molar refractivity (Wildman–Crippen MR) is 85.5 cm³/mol. The molecule has 122 valence electrons. The standard InChI is InChI=1S/C18H33NO2/c1-2-19-17(15-7-5-3-4-6-8-15)16-9-11-21-18(13-16)10-12-20-14-18/h15-17,19H,2-14H2,1H3. The molecule has 0 amide bonds. The SMILES string of the molecule is CCNC(C1CCCCCC1)C1CCOC2(CCOC2)C1. The van der Waals surface area contributed by atoms with E-state index in [9.17, 15) is 0 Å². The lowest BCUT2D eigenvalue weighted by Gasteiger charge is -2.43. The van der Waals surface area contributed by atoms with Gasteiger partial charge in [0.05, 0.1) is 12.2 Å². The molecule has 0 aromatic heterocycles. The van der Waals surface area contributed by atoms with Gasteiger partial charge in [-0.3, -0.25) is 0 Å². The molecule has 2 heterocycles. The normalized spacial score (nSPS) is 36.7. The summed E-state index contributed by atoms with van der Waals surface area (Å²) in [6, 6.07) is 0.703. The van der Waals surface area contributed by atoms with E-state index in [0.717, 1.165) is 44.6 Å². The third-order valence-electron chi connectivity index (χ3n) is 5.95. The van der Waals surface area contributed by atoms with Crippen molar-refractivity contribution in [1.29, 1.82) is 0 Å². The van der Waals surface area contributed by atoms with Crippen molar-refractivity contribution >= 4 is 0 Å². The van der Waals surface area contributed by atoms with Gasteiger partial charge in [-0.05, 0) is 44.1 Å².